The van der Waals surface area contributed by atoms with Crippen molar-refractivity contribution < 1.29 is 19.4 Å². The maximum Gasteiger partial charge on any atom is 0.305 e. The molecule has 1 heterocycles. The highest BCUT2D eigenvalue weighted by molar-refractivity contribution is 5.67. The van der Waals surface area contributed by atoms with Gasteiger partial charge in [-0.2, -0.15) is 0 Å². The minimum absolute atomic E-state index is 0.0360. The normalized spacial score (nSPS) is 34.3. The molecule has 1 atom stereocenters. The van der Waals surface area contributed by atoms with E-state index in [4.69, 9.17) is 14.6 Å². The third-order valence-electron chi connectivity index (χ3n) is 3.62. The van der Waals surface area contributed by atoms with E-state index in [0.29, 0.717) is 25.4 Å². The van der Waals surface area contributed by atoms with Gasteiger partial charge in [-0.1, -0.05) is 0 Å². The SMILES string of the molecule is CCOC1CC(N2CCOCC2CC(=O)O)C1. The Morgan fingerprint density at radius 3 is 2.94 bits per heavy atom. The van der Waals surface area contributed by atoms with Gasteiger partial charge in [0.25, 0.3) is 0 Å². The number of aliphatic carboxylic acids is 1. The number of morpholine rings is 1. The van der Waals surface area contributed by atoms with Crippen LogP contribution in [0.1, 0.15) is 26.2 Å². The van der Waals surface area contributed by atoms with Gasteiger partial charge in [-0.25, -0.2) is 0 Å². The Hall–Kier alpha value is -0.650. The molecule has 5 heteroatoms. The Morgan fingerprint density at radius 2 is 2.29 bits per heavy atom. The average molecular weight is 243 g/mol. The molecule has 0 spiro atoms. The van der Waals surface area contributed by atoms with Crippen molar-refractivity contribution in [1.82, 2.24) is 4.90 Å². The van der Waals surface area contributed by atoms with Crippen LogP contribution in [-0.4, -0.2) is 60.5 Å². The molecule has 5 nitrogen and oxygen atoms in total. The number of hydrogen-bond donors (Lipinski definition) is 1. The molecule has 1 N–H and O–H groups in total. The average Bonchev–Trinajstić information content (AvgIpc) is 2.23. The molecule has 0 aromatic carbocycles. The molecule has 1 saturated carbocycles. The van der Waals surface area contributed by atoms with Gasteiger partial charge in [0, 0.05) is 25.2 Å². The molecule has 17 heavy (non-hydrogen) atoms. The lowest BCUT2D eigenvalue weighted by molar-refractivity contribution is -0.143. The summed E-state index contributed by atoms with van der Waals surface area (Å²) in [6, 6.07) is 0.522. The highest BCUT2D eigenvalue weighted by atomic mass is 16.5. The quantitative estimate of drug-likeness (QED) is 0.771. The fourth-order valence-corrected chi connectivity index (χ4v) is 2.71. The Balaban J connectivity index is 1.83. The Labute approximate surface area is 102 Å². The summed E-state index contributed by atoms with van der Waals surface area (Å²) in [5, 5.41) is 8.89. The molecule has 0 amide bonds. The van der Waals surface area contributed by atoms with E-state index in [1.807, 2.05) is 6.92 Å². The van der Waals surface area contributed by atoms with E-state index in [9.17, 15) is 4.79 Å². The van der Waals surface area contributed by atoms with Crippen LogP contribution in [0.25, 0.3) is 0 Å². The van der Waals surface area contributed by atoms with Gasteiger partial charge in [0.15, 0.2) is 0 Å². The van der Waals surface area contributed by atoms with Crippen molar-refractivity contribution in [3.8, 4) is 0 Å². The van der Waals surface area contributed by atoms with E-state index in [-0.39, 0.29) is 12.5 Å². The van der Waals surface area contributed by atoms with E-state index in [1.54, 1.807) is 0 Å². The summed E-state index contributed by atoms with van der Waals surface area (Å²) in [6.45, 7) is 4.88. The zero-order valence-electron chi connectivity index (χ0n) is 10.3. The summed E-state index contributed by atoms with van der Waals surface area (Å²) < 4.78 is 10.9. The molecule has 2 fully saturated rings. The van der Waals surface area contributed by atoms with Crippen molar-refractivity contribution in [1.29, 1.82) is 0 Å². The second-order valence-electron chi connectivity index (χ2n) is 4.77. The molecule has 1 aliphatic carbocycles. The Morgan fingerprint density at radius 1 is 1.53 bits per heavy atom. The van der Waals surface area contributed by atoms with E-state index < -0.39 is 5.97 Å². The summed E-state index contributed by atoms with van der Waals surface area (Å²) in [6.07, 6.45) is 2.61. The monoisotopic (exact) mass is 243 g/mol. The lowest BCUT2D eigenvalue weighted by Gasteiger charge is -2.47. The maximum absolute atomic E-state index is 10.8. The zero-order chi connectivity index (χ0) is 12.3. The van der Waals surface area contributed by atoms with Gasteiger partial charge in [-0.15, -0.1) is 0 Å². The number of nitrogens with zero attached hydrogens (tertiary/aromatic N) is 1. The van der Waals surface area contributed by atoms with Crippen LogP contribution in [0.3, 0.4) is 0 Å². The first-order chi connectivity index (χ1) is 8.20. The van der Waals surface area contributed by atoms with Crippen LogP contribution in [0.2, 0.25) is 0 Å². The fourth-order valence-electron chi connectivity index (χ4n) is 2.71. The summed E-state index contributed by atoms with van der Waals surface area (Å²) in [4.78, 5) is 13.1. The molecular weight excluding hydrogens is 222 g/mol. The van der Waals surface area contributed by atoms with Gasteiger partial charge in [0.1, 0.15) is 0 Å². The predicted octanol–water partition coefficient (Wildman–Crippen LogP) is 0.729. The molecule has 0 aromatic rings. The number of carboxylic acid groups (broad SMARTS) is 1. The molecule has 0 aromatic heterocycles. The third-order valence-corrected chi connectivity index (χ3v) is 3.62. The third kappa shape index (κ3) is 3.18. The van der Waals surface area contributed by atoms with Crippen LogP contribution >= 0.6 is 0 Å². The molecule has 1 saturated heterocycles. The summed E-state index contributed by atoms with van der Waals surface area (Å²) >= 11 is 0. The number of carboxylic acids is 1. The molecule has 0 bridgehead atoms. The van der Waals surface area contributed by atoms with Crippen molar-refractivity contribution in [2.24, 2.45) is 0 Å². The van der Waals surface area contributed by atoms with Crippen molar-refractivity contribution in [2.75, 3.05) is 26.4 Å². The van der Waals surface area contributed by atoms with Crippen LogP contribution in [-0.2, 0) is 14.3 Å². The lowest BCUT2D eigenvalue weighted by atomic mass is 9.86. The van der Waals surface area contributed by atoms with Gasteiger partial charge in [0.05, 0.1) is 25.7 Å². The summed E-state index contributed by atoms with van der Waals surface area (Å²) in [7, 11) is 0. The largest absolute Gasteiger partial charge is 0.481 e. The lowest BCUT2D eigenvalue weighted by Crippen LogP contribution is -2.57. The minimum Gasteiger partial charge on any atom is -0.481 e. The number of rotatable bonds is 5. The molecule has 1 aliphatic heterocycles. The van der Waals surface area contributed by atoms with Crippen molar-refractivity contribution in [3.63, 3.8) is 0 Å². The maximum atomic E-state index is 10.8. The van der Waals surface area contributed by atoms with Crippen LogP contribution in [0, 0.1) is 0 Å². The van der Waals surface area contributed by atoms with Gasteiger partial charge in [-0.05, 0) is 19.8 Å². The van der Waals surface area contributed by atoms with Gasteiger partial charge in [0.2, 0.25) is 0 Å². The molecular formula is C12H21NO4. The highest BCUT2D eigenvalue weighted by Gasteiger charge is 2.39. The van der Waals surface area contributed by atoms with Crippen LogP contribution in [0.15, 0.2) is 0 Å². The topological polar surface area (TPSA) is 59.0 Å². The first kappa shape index (κ1) is 12.8. The van der Waals surface area contributed by atoms with Crippen molar-refractivity contribution >= 4 is 5.97 Å². The summed E-state index contributed by atoms with van der Waals surface area (Å²) in [5.41, 5.74) is 0. The molecule has 1 unspecified atom stereocenters. The number of carbonyl (C=O) groups is 1. The van der Waals surface area contributed by atoms with Gasteiger partial charge in [-0.3, -0.25) is 9.69 Å². The van der Waals surface area contributed by atoms with Gasteiger partial charge < -0.3 is 14.6 Å². The number of hydrogen-bond acceptors (Lipinski definition) is 4. The summed E-state index contributed by atoms with van der Waals surface area (Å²) in [5.74, 6) is -0.744. The Kier molecular flexibility index (Phi) is 4.36. The smallest absolute Gasteiger partial charge is 0.305 e. The van der Waals surface area contributed by atoms with Gasteiger partial charge >= 0.3 is 5.97 Å². The standard InChI is InChI=1S/C12H21NO4/c1-2-17-11-5-9(6-11)13-3-4-16-8-10(13)7-12(14)15/h9-11H,2-8H2,1H3,(H,14,15). The van der Waals surface area contributed by atoms with Crippen LogP contribution in [0.5, 0.6) is 0 Å². The van der Waals surface area contributed by atoms with Crippen molar-refractivity contribution in [3.05, 3.63) is 0 Å². The first-order valence-electron chi connectivity index (χ1n) is 6.37. The van der Waals surface area contributed by atoms with E-state index in [0.717, 1.165) is 26.0 Å². The number of ether oxygens (including phenoxy) is 2. The second kappa shape index (κ2) is 5.80. The van der Waals surface area contributed by atoms with E-state index in [1.165, 1.54) is 0 Å². The molecule has 2 rings (SSSR count). The van der Waals surface area contributed by atoms with E-state index in [2.05, 4.69) is 4.90 Å². The minimum atomic E-state index is -0.744. The zero-order valence-corrected chi connectivity index (χ0v) is 10.3. The molecule has 0 radical (unpaired) electrons. The first-order valence-corrected chi connectivity index (χ1v) is 6.37. The molecule has 2 aliphatic rings. The predicted molar refractivity (Wildman–Crippen MR) is 62.0 cm³/mol. The van der Waals surface area contributed by atoms with Crippen LogP contribution in [0.4, 0.5) is 0 Å². The Bertz CT molecular complexity index is 265. The second-order valence-corrected chi connectivity index (χ2v) is 4.77. The van der Waals surface area contributed by atoms with Crippen molar-refractivity contribution in [2.45, 2.75) is 44.4 Å². The molecule has 98 valence electrons. The fraction of sp³-hybridized carbons (Fsp3) is 0.917. The van der Waals surface area contributed by atoms with Crippen LogP contribution < -0.4 is 0 Å². The van der Waals surface area contributed by atoms with E-state index >= 15 is 0 Å². The highest BCUT2D eigenvalue weighted by Crippen LogP contribution is 2.31.